The van der Waals surface area contributed by atoms with Gasteiger partial charge in [-0.05, 0) is 29.8 Å². The molecule has 0 bridgehead atoms. The summed E-state index contributed by atoms with van der Waals surface area (Å²) in [5, 5.41) is 13.5. The van der Waals surface area contributed by atoms with Crippen LogP contribution in [-0.4, -0.2) is 5.97 Å². The Labute approximate surface area is 144 Å². The van der Waals surface area contributed by atoms with Crippen molar-refractivity contribution in [1.82, 2.24) is 0 Å². The fourth-order valence-electron chi connectivity index (χ4n) is 2.44. The number of hydrogen-bond donors (Lipinski definition) is 1. The van der Waals surface area contributed by atoms with Crippen LogP contribution in [0.4, 0.5) is 0 Å². The van der Waals surface area contributed by atoms with Crippen LogP contribution in [0.15, 0.2) is 65.1 Å². The zero-order valence-electron chi connectivity index (χ0n) is 12.9. The number of carbonyl (C=O) groups excluding carboxylic acids is 1. The molecule has 1 heterocycles. The monoisotopic (exact) mass is 341 g/mol. The average Bonchev–Trinajstić information content (AvgIpc) is 3.04. The highest BCUT2D eigenvalue weighted by Crippen LogP contribution is 2.24. The van der Waals surface area contributed by atoms with Gasteiger partial charge in [0.25, 0.3) is 0 Å². The van der Waals surface area contributed by atoms with Crippen LogP contribution in [0.25, 0.3) is 11.3 Å². The summed E-state index contributed by atoms with van der Waals surface area (Å²) in [5.41, 5.74) is 2.18. The van der Waals surface area contributed by atoms with E-state index in [1.165, 1.54) is 0 Å². The number of nitrogens with two attached hydrogens (primary N) is 1. The number of halogens is 1. The van der Waals surface area contributed by atoms with E-state index in [1.54, 1.807) is 24.3 Å². The van der Waals surface area contributed by atoms with Gasteiger partial charge in [-0.15, -0.1) is 0 Å². The highest BCUT2D eigenvalue weighted by Gasteiger charge is 2.07. The number of rotatable bonds is 6. The number of aromatic carboxylic acids is 1. The highest BCUT2D eigenvalue weighted by atomic mass is 35.5. The smallest absolute Gasteiger partial charge is 0.158 e. The molecule has 0 aliphatic carbocycles. The van der Waals surface area contributed by atoms with Crippen LogP contribution in [0, 0.1) is 0 Å². The van der Waals surface area contributed by atoms with Crippen molar-refractivity contribution in [2.75, 3.05) is 0 Å². The minimum Gasteiger partial charge on any atom is -0.545 e. The Balaban J connectivity index is 1.57. The highest BCUT2D eigenvalue weighted by molar-refractivity contribution is 6.30. The Hall–Kier alpha value is -2.56. The lowest BCUT2D eigenvalue weighted by Crippen LogP contribution is -2.80. The quantitative estimate of drug-likeness (QED) is 0.747. The second-order valence-corrected chi connectivity index (χ2v) is 5.89. The van der Waals surface area contributed by atoms with E-state index in [1.807, 2.05) is 36.4 Å². The van der Waals surface area contributed by atoms with Gasteiger partial charge in [0.1, 0.15) is 18.8 Å². The van der Waals surface area contributed by atoms with Crippen molar-refractivity contribution >= 4 is 17.6 Å². The molecule has 2 N–H and O–H groups in total. The van der Waals surface area contributed by atoms with Crippen LogP contribution in [0.3, 0.4) is 0 Å². The SMILES string of the molecule is O=C([O-])c1ccc(C[NH2+]Cc2ccc(-c3cccc(Cl)c3)o2)cc1. The molecular formula is C19H16ClNO3. The maximum absolute atomic E-state index is 10.7. The van der Waals surface area contributed by atoms with E-state index in [4.69, 9.17) is 16.0 Å². The van der Waals surface area contributed by atoms with Crippen molar-refractivity contribution in [3.05, 3.63) is 82.6 Å². The third-order valence-corrected chi connectivity index (χ3v) is 3.92. The number of carbonyl (C=O) groups is 1. The lowest BCUT2D eigenvalue weighted by Gasteiger charge is -2.04. The Bertz CT molecular complexity index is 840. The van der Waals surface area contributed by atoms with Crippen LogP contribution in [0.5, 0.6) is 0 Å². The van der Waals surface area contributed by atoms with Crippen molar-refractivity contribution < 1.29 is 19.6 Å². The predicted octanol–water partition coefficient (Wildman–Crippen LogP) is 2.23. The van der Waals surface area contributed by atoms with Gasteiger partial charge in [0.2, 0.25) is 0 Å². The summed E-state index contributed by atoms with van der Waals surface area (Å²) < 4.78 is 5.84. The first-order valence-corrected chi connectivity index (χ1v) is 7.96. The number of carboxylic acids is 1. The van der Waals surface area contributed by atoms with Gasteiger partial charge in [-0.1, -0.05) is 48.0 Å². The van der Waals surface area contributed by atoms with Crippen LogP contribution < -0.4 is 10.4 Å². The van der Waals surface area contributed by atoms with Gasteiger partial charge in [0, 0.05) is 16.1 Å². The minimum atomic E-state index is -1.16. The summed E-state index contributed by atoms with van der Waals surface area (Å²) >= 11 is 6.00. The molecule has 5 heteroatoms. The number of hydrogen-bond acceptors (Lipinski definition) is 3. The van der Waals surface area contributed by atoms with Gasteiger partial charge in [-0.2, -0.15) is 0 Å². The molecule has 0 radical (unpaired) electrons. The van der Waals surface area contributed by atoms with Gasteiger partial charge >= 0.3 is 0 Å². The maximum atomic E-state index is 10.7. The lowest BCUT2D eigenvalue weighted by atomic mass is 10.1. The number of benzene rings is 2. The first-order valence-electron chi connectivity index (χ1n) is 7.58. The molecule has 0 saturated carbocycles. The molecule has 3 aromatic rings. The second kappa shape index (κ2) is 7.34. The molecule has 0 unspecified atom stereocenters. The fraction of sp³-hybridized carbons (Fsp3) is 0.105. The molecule has 0 spiro atoms. The largest absolute Gasteiger partial charge is 0.545 e. The Morgan fingerprint density at radius 2 is 1.83 bits per heavy atom. The van der Waals surface area contributed by atoms with E-state index in [0.29, 0.717) is 11.6 Å². The summed E-state index contributed by atoms with van der Waals surface area (Å²) in [5.74, 6) is 0.505. The molecule has 0 aliphatic heterocycles. The van der Waals surface area contributed by atoms with Crippen LogP contribution in [-0.2, 0) is 13.1 Å². The van der Waals surface area contributed by atoms with Crippen molar-refractivity contribution in [2.45, 2.75) is 13.1 Å². The molecule has 3 rings (SSSR count). The molecule has 24 heavy (non-hydrogen) atoms. The third-order valence-electron chi connectivity index (χ3n) is 3.69. The first kappa shape index (κ1) is 16.3. The first-order chi connectivity index (χ1) is 11.6. The van der Waals surface area contributed by atoms with E-state index >= 15 is 0 Å². The van der Waals surface area contributed by atoms with Crippen molar-refractivity contribution in [2.24, 2.45) is 0 Å². The molecule has 0 aliphatic rings. The number of carboxylic acid groups (broad SMARTS) is 1. The standard InChI is InChI=1S/C19H16ClNO3/c20-16-3-1-2-15(10-16)18-9-8-17(24-18)12-21-11-13-4-6-14(7-5-13)19(22)23/h1-10,21H,11-12H2,(H,22,23). The van der Waals surface area contributed by atoms with Crippen LogP contribution in [0.1, 0.15) is 21.7 Å². The predicted molar refractivity (Wildman–Crippen MR) is 89.3 cm³/mol. The van der Waals surface area contributed by atoms with Gasteiger partial charge < -0.3 is 19.6 Å². The van der Waals surface area contributed by atoms with Gasteiger partial charge in [-0.3, -0.25) is 0 Å². The summed E-state index contributed by atoms with van der Waals surface area (Å²) in [6, 6.07) is 18.1. The molecule has 1 aromatic heterocycles. The lowest BCUT2D eigenvalue weighted by molar-refractivity contribution is -0.687. The third kappa shape index (κ3) is 4.04. The molecular weight excluding hydrogens is 326 g/mol. The fourth-order valence-corrected chi connectivity index (χ4v) is 2.63. The molecule has 2 aromatic carbocycles. The summed E-state index contributed by atoms with van der Waals surface area (Å²) in [6.07, 6.45) is 0. The number of quaternary nitrogens is 1. The van der Waals surface area contributed by atoms with Crippen LogP contribution >= 0.6 is 11.6 Å². The second-order valence-electron chi connectivity index (χ2n) is 5.46. The number of furan rings is 1. The van der Waals surface area contributed by atoms with E-state index < -0.39 is 5.97 Å². The van der Waals surface area contributed by atoms with E-state index in [0.717, 1.165) is 29.2 Å². The Morgan fingerprint density at radius 1 is 1.04 bits per heavy atom. The van der Waals surface area contributed by atoms with E-state index in [9.17, 15) is 9.90 Å². The van der Waals surface area contributed by atoms with Crippen LogP contribution in [0.2, 0.25) is 5.02 Å². The van der Waals surface area contributed by atoms with Gasteiger partial charge in [-0.25, -0.2) is 0 Å². The molecule has 122 valence electrons. The van der Waals surface area contributed by atoms with Crippen molar-refractivity contribution in [3.63, 3.8) is 0 Å². The molecule has 0 fully saturated rings. The van der Waals surface area contributed by atoms with Crippen molar-refractivity contribution in [3.8, 4) is 11.3 Å². The molecule has 0 atom stereocenters. The van der Waals surface area contributed by atoms with Gasteiger partial charge in [0.15, 0.2) is 5.76 Å². The topological polar surface area (TPSA) is 69.9 Å². The van der Waals surface area contributed by atoms with Crippen molar-refractivity contribution in [1.29, 1.82) is 0 Å². The van der Waals surface area contributed by atoms with E-state index in [2.05, 4.69) is 5.32 Å². The Kier molecular flexibility index (Phi) is 4.99. The van der Waals surface area contributed by atoms with Gasteiger partial charge in [0.05, 0.1) is 5.97 Å². The molecule has 4 nitrogen and oxygen atoms in total. The average molecular weight is 342 g/mol. The summed E-state index contributed by atoms with van der Waals surface area (Å²) in [6.45, 7) is 1.43. The summed E-state index contributed by atoms with van der Waals surface area (Å²) in [4.78, 5) is 10.7. The summed E-state index contributed by atoms with van der Waals surface area (Å²) in [7, 11) is 0. The minimum absolute atomic E-state index is 0.191. The molecule has 0 amide bonds. The maximum Gasteiger partial charge on any atom is 0.158 e. The normalized spacial score (nSPS) is 10.7. The molecule has 0 saturated heterocycles. The van der Waals surface area contributed by atoms with E-state index in [-0.39, 0.29) is 5.56 Å². The zero-order valence-corrected chi connectivity index (χ0v) is 13.6. The Morgan fingerprint density at radius 3 is 2.54 bits per heavy atom. The zero-order chi connectivity index (χ0) is 16.9.